The fourth-order valence-electron chi connectivity index (χ4n) is 3.25. The van der Waals surface area contributed by atoms with E-state index in [0.29, 0.717) is 6.42 Å². The summed E-state index contributed by atoms with van der Waals surface area (Å²) in [7, 11) is -4.36. The maximum absolute atomic E-state index is 11.7. The van der Waals surface area contributed by atoms with E-state index in [1.807, 2.05) is 0 Å². The van der Waals surface area contributed by atoms with Crippen LogP contribution in [0.15, 0.2) is 0 Å². The second-order valence-electron chi connectivity index (χ2n) is 7.41. The molecule has 0 bridgehead atoms. The number of ketones is 1. The first-order valence-electron chi connectivity index (χ1n) is 10.6. The lowest BCUT2D eigenvalue weighted by molar-refractivity contribution is -0.118. The van der Waals surface area contributed by atoms with Crippen LogP contribution in [0.3, 0.4) is 0 Å². The Morgan fingerprint density at radius 2 is 1.12 bits per heavy atom. The van der Waals surface area contributed by atoms with Gasteiger partial charge in [0.25, 0.3) is 10.1 Å². The summed E-state index contributed by atoms with van der Waals surface area (Å²) in [5.74, 6) is -0.468. The number of hydrogen-bond acceptors (Lipinski definition) is 4. The zero-order valence-electron chi connectivity index (χ0n) is 16.8. The number of Topliss-reactive ketones (excluding diaryl/α,β-unsaturated/α-hetero) is 1. The number of carbonyl (C=O) groups excluding carboxylic acids is 1. The summed E-state index contributed by atoms with van der Waals surface area (Å²) >= 11 is 0. The van der Waals surface area contributed by atoms with E-state index in [2.05, 4.69) is 6.92 Å². The third kappa shape index (κ3) is 14.7. The van der Waals surface area contributed by atoms with E-state index in [1.54, 1.807) is 0 Å². The molecule has 0 radical (unpaired) electrons. The van der Waals surface area contributed by atoms with Crippen LogP contribution in [0, 0.1) is 0 Å². The second kappa shape index (κ2) is 16.7. The molecular formula is C20H41NO4S. The van der Waals surface area contributed by atoms with E-state index in [1.165, 1.54) is 77.0 Å². The Labute approximate surface area is 161 Å². The number of unbranched alkanes of at least 4 members (excludes halogenated alkanes) is 14. The Balaban J connectivity index is 3.38. The summed E-state index contributed by atoms with van der Waals surface area (Å²) in [5.41, 5.74) is 5.26. The molecule has 0 saturated carbocycles. The third-order valence-corrected chi connectivity index (χ3v) is 6.13. The van der Waals surface area contributed by atoms with Crippen LogP contribution >= 0.6 is 0 Å². The molecule has 0 aromatic heterocycles. The molecule has 1 atom stereocenters. The predicted molar refractivity (Wildman–Crippen MR) is 109 cm³/mol. The molecule has 1 unspecified atom stereocenters. The first kappa shape index (κ1) is 25.5. The van der Waals surface area contributed by atoms with Crippen molar-refractivity contribution in [3.05, 3.63) is 0 Å². The van der Waals surface area contributed by atoms with Gasteiger partial charge in [0.15, 0.2) is 11.0 Å². The highest BCUT2D eigenvalue weighted by Crippen LogP contribution is 2.14. The van der Waals surface area contributed by atoms with Crippen molar-refractivity contribution >= 4 is 15.9 Å². The number of rotatable bonds is 19. The van der Waals surface area contributed by atoms with Gasteiger partial charge in [-0.3, -0.25) is 9.35 Å². The van der Waals surface area contributed by atoms with Crippen LogP contribution in [0.2, 0.25) is 0 Å². The maximum Gasteiger partial charge on any atom is 0.276 e. The standard InChI is InChI=1S/C20H41NO4S/c1-2-3-4-5-6-7-8-9-10-11-12-13-14-15-16-17-19(22)20(18-21)26(23,24)25/h20H,2-18,21H2,1H3,(H,23,24,25). The van der Waals surface area contributed by atoms with Crippen molar-refractivity contribution in [3.63, 3.8) is 0 Å². The van der Waals surface area contributed by atoms with Crippen LogP contribution in [0.25, 0.3) is 0 Å². The fourth-order valence-corrected chi connectivity index (χ4v) is 3.94. The van der Waals surface area contributed by atoms with Gasteiger partial charge in [0.1, 0.15) is 0 Å². The summed E-state index contributed by atoms with van der Waals surface area (Å²) in [6.45, 7) is 1.90. The van der Waals surface area contributed by atoms with Crippen LogP contribution in [0.5, 0.6) is 0 Å². The van der Waals surface area contributed by atoms with Crippen LogP contribution in [0.4, 0.5) is 0 Å². The minimum absolute atomic E-state index is 0.180. The number of carbonyl (C=O) groups is 1. The van der Waals surface area contributed by atoms with Gasteiger partial charge in [-0.2, -0.15) is 8.42 Å². The molecule has 0 amide bonds. The number of hydrogen-bond donors (Lipinski definition) is 2. The monoisotopic (exact) mass is 391 g/mol. The first-order chi connectivity index (χ1) is 12.4. The van der Waals surface area contributed by atoms with E-state index in [-0.39, 0.29) is 13.0 Å². The predicted octanol–water partition coefficient (Wildman–Crippen LogP) is 5.03. The van der Waals surface area contributed by atoms with Crippen LogP contribution in [-0.4, -0.2) is 30.5 Å². The topological polar surface area (TPSA) is 97.5 Å². The molecule has 0 saturated heterocycles. The molecule has 3 N–H and O–H groups in total. The average molecular weight is 392 g/mol. The zero-order chi connectivity index (χ0) is 19.7. The molecule has 0 heterocycles. The van der Waals surface area contributed by atoms with Gasteiger partial charge in [-0.1, -0.05) is 96.8 Å². The molecule has 0 rings (SSSR count). The van der Waals surface area contributed by atoms with Crippen molar-refractivity contribution in [2.75, 3.05) is 6.54 Å². The summed E-state index contributed by atoms with van der Waals surface area (Å²) < 4.78 is 31.0. The quantitative estimate of drug-likeness (QED) is 0.238. The van der Waals surface area contributed by atoms with Crippen molar-refractivity contribution in [1.82, 2.24) is 0 Å². The van der Waals surface area contributed by atoms with E-state index >= 15 is 0 Å². The lowest BCUT2D eigenvalue weighted by atomic mass is 10.0. The Bertz CT molecular complexity index is 437. The van der Waals surface area contributed by atoms with Gasteiger partial charge in [0.2, 0.25) is 0 Å². The van der Waals surface area contributed by atoms with E-state index < -0.39 is 21.2 Å². The van der Waals surface area contributed by atoms with Crippen LogP contribution in [-0.2, 0) is 14.9 Å². The highest BCUT2D eigenvalue weighted by molar-refractivity contribution is 7.87. The maximum atomic E-state index is 11.7. The molecule has 5 nitrogen and oxygen atoms in total. The molecule has 0 aliphatic rings. The molecule has 0 aromatic rings. The van der Waals surface area contributed by atoms with Crippen molar-refractivity contribution in [1.29, 1.82) is 0 Å². The summed E-state index contributed by atoms with van der Waals surface area (Å²) in [4.78, 5) is 11.7. The Morgan fingerprint density at radius 1 is 0.769 bits per heavy atom. The molecular weight excluding hydrogens is 350 g/mol. The van der Waals surface area contributed by atoms with E-state index in [0.717, 1.165) is 12.8 Å². The molecule has 0 aliphatic heterocycles. The molecule has 6 heteroatoms. The third-order valence-electron chi connectivity index (χ3n) is 4.96. The Kier molecular flexibility index (Phi) is 16.4. The van der Waals surface area contributed by atoms with Crippen molar-refractivity contribution in [3.8, 4) is 0 Å². The molecule has 0 spiro atoms. The van der Waals surface area contributed by atoms with Crippen LogP contribution < -0.4 is 5.73 Å². The average Bonchev–Trinajstić information content (AvgIpc) is 2.57. The number of nitrogens with two attached hydrogens (primary N) is 1. The molecule has 0 fully saturated rings. The molecule has 0 aliphatic carbocycles. The van der Waals surface area contributed by atoms with E-state index in [9.17, 15) is 13.2 Å². The van der Waals surface area contributed by atoms with Gasteiger partial charge in [0.05, 0.1) is 0 Å². The highest BCUT2D eigenvalue weighted by atomic mass is 32.2. The normalized spacial score (nSPS) is 13.0. The zero-order valence-corrected chi connectivity index (χ0v) is 17.6. The largest absolute Gasteiger partial charge is 0.329 e. The molecule has 0 aromatic carbocycles. The SMILES string of the molecule is CCCCCCCCCCCCCCCCCC(=O)C(CN)S(=O)(=O)O. The van der Waals surface area contributed by atoms with Crippen LogP contribution in [0.1, 0.15) is 110 Å². The minimum Gasteiger partial charge on any atom is -0.329 e. The fraction of sp³-hybridized carbons (Fsp3) is 0.950. The van der Waals surface area contributed by atoms with Gasteiger partial charge in [-0.15, -0.1) is 0 Å². The van der Waals surface area contributed by atoms with Gasteiger partial charge in [-0.25, -0.2) is 0 Å². The summed E-state index contributed by atoms with van der Waals surface area (Å²) in [5, 5.41) is -1.45. The smallest absolute Gasteiger partial charge is 0.276 e. The first-order valence-corrected chi connectivity index (χ1v) is 12.1. The van der Waals surface area contributed by atoms with E-state index in [4.69, 9.17) is 10.3 Å². The van der Waals surface area contributed by atoms with Gasteiger partial charge >= 0.3 is 0 Å². The lowest BCUT2D eigenvalue weighted by Gasteiger charge is -2.09. The minimum atomic E-state index is -4.36. The van der Waals surface area contributed by atoms with Crippen molar-refractivity contribution in [2.45, 2.75) is 115 Å². The Hall–Kier alpha value is -0.460. The van der Waals surface area contributed by atoms with Crippen molar-refractivity contribution < 1.29 is 17.8 Å². The van der Waals surface area contributed by atoms with Gasteiger partial charge in [-0.05, 0) is 6.42 Å². The lowest BCUT2D eigenvalue weighted by Crippen LogP contribution is -2.36. The molecule has 26 heavy (non-hydrogen) atoms. The second-order valence-corrected chi connectivity index (χ2v) is 9.00. The molecule has 156 valence electrons. The van der Waals surface area contributed by atoms with Gasteiger partial charge in [0, 0.05) is 13.0 Å². The highest BCUT2D eigenvalue weighted by Gasteiger charge is 2.28. The summed E-state index contributed by atoms with van der Waals surface area (Å²) in [6.07, 6.45) is 18.8. The summed E-state index contributed by atoms with van der Waals surface area (Å²) in [6, 6.07) is 0. The van der Waals surface area contributed by atoms with Crippen molar-refractivity contribution in [2.24, 2.45) is 5.73 Å². The van der Waals surface area contributed by atoms with Gasteiger partial charge < -0.3 is 5.73 Å². The Morgan fingerprint density at radius 3 is 1.42 bits per heavy atom.